The molecule has 0 aromatic heterocycles. The van der Waals surface area contributed by atoms with Gasteiger partial charge in [0.15, 0.2) is 0 Å². The molecular weight excluding hydrogens is 170 g/mol. The van der Waals surface area contributed by atoms with Crippen molar-refractivity contribution in [2.45, 2.75) is 71.3 Å². The Kier molecular flexibility index (Phi) is 5.54. The van der Waals surface area contributed by atoms with Crippen LogP contribution < -0.4 is 5.73 Å². The maximum Gasteiger partial charge on any atom is 0.00390 e. The lowest BCUT2D eigenvalue weighted by atomic mass is 9.88. The first-order valence-corrected chi connectivity index (χ1v) is 6.44. The molecule has 0 spiro atoms. The molecule has 2 aliphatic rings. The average molecular weight is 197 g/mol. The third-order valence-corrected chi connectivity index (χ3v) is 3.70. The van der Waals surface area contributed by atoms with Crippen molar-refractivity contribution < 1.29 is 0 Å². The highest BCUT2D eigenvalue weighted by Crippen LogP contribution is 2.23. The quantitative estimate of drug-likeness (QED) is 0.629. The van der Waals surface area contributed by atoms with Gasteiger partial charge in [-0.15, -0.1) is 0 Å². The van der Waals surface area contributed by atoms with Crippen LogP contribution in [0.5, 0.6) is 0 Å². The first kappa shape index (κ1) is 12.0. The molecule has 0 atom stereocenters. The smallest absolute Gasteiger partial charge is 0.00390 e. The van der Waals surface area contributed by atoms with Crippen LogP contribution >= 0.6 is 0 Å². The summed E-state index contributed by atoms with van der Waals surface area (Å²) in [5, 5.41) is 0. The van der Waals surface area contributed by atoms with Gasteiger partial charge in [0, 0.05) is 6.04 Å². The van der Waals surface area contributed by atoms with Crippen LogP contribution in [-0.2, 0) is 0 Å². The Hall–Kier alpha value is -0.0400. The molecule has 2 N–H and O–H groups in total. The van der Waals surface area contributed by atoms with E-state index in [0.717, 1.165) is 11.8 Å². The average Bonchev–Trinajstić information content (AvgIpc) is 2.63. The summed E-state index contributed by atoms with van der Waals surface area (Å²) in [4.78, 5) is 0. The summed E-state index contributed by atoms with van der Waals surface area (Å²) in [7, 11) is 0. The van der Waals surface area contributed by atoms with E-state index < -0.39 is 0 Å². The molecule has 14 heavy (non-hydrogen) atoms. The largest absolute Gasteiger partial charge is 0.328 e. The molecule has 2 fully saturated rings. The Labute approximate surface area is 89.5 Å². The summed E-state index contributed by atoms with van der Waals surface area (Å²) in [6, 6.07) is 0.520. The Bertz CT molecular complexity index is 120. The molecule has 0 unspecified atom stereocenters. The fraction of sp³-hybridized carbons (Fsp3) is 1.00. The van der Waals surface area contributed by atoms with Gasteiger partial charge in [0.25, 0.3) is 0 Å². The van der Waals surface area contributed by atoms with Crippen molar-refractivity contribution in [2.75, 3.05) is 0 Å². The fourth-order valence-corrected chi connectivity index (χ4v) is 2.42. The van der Waals surface area contributed by atoms with E-state index >= 15 is 0 Å². The van der Waals surface area contributed by atoms with Gasteiger partial charge in [-0.2, -0.15) is 0 Å². The predicted octanol–water partition coefficient (Wildman–Crippen LogP) is 3.72. The van der Waals surface area contributed by atoms with Crippen molar-refractivity contribution in [3.05, 3.63) is 0 Å². The first-order valence-electron chi connectivity index (χ1n) is 6.44. The fourth-order valence-electron chi connectivity index (χ4n) is 2.42. The van der Waals surface area contributed by atoms with Gasteiger partial charge in [0.05, 0.1) is 0 Å². The van der Waals surface area contributed by atoms with Gasteiger partial charge in [0.1, 0.15) is 0 Å². The van der Waals surface area contributed by atoms with Crippen LogP contribution in [0.15, 0.2) is 0 Å². The maximum absolute atomic E-state index is 5.70. The van der Waals surface area contributed by atoms with Crippen molar-refractivity contribution in [1.82, 2.24) is 0 Å². The summed E-state index contributed by atoms with van der Waals surface area (Å²) in [6.45, 7) is 4.65. The second-order valence-electron chi connectivity index (χ2n) is 5.41. The van der Waals surface area contributed by atoms with E-state index in [1.54, 1.807) is 0 Å². The third kappa shape index (κ3) is 4.99. The van der Waals surface area contributed by atoms with Gasteiger partial charge in [-0.25, -0.2) is 0 Å². The molecule has 0 aromatic rings. The molecule has 2 aliphatic carbocycles. The SMILES string of the molecule is CC1CCC(N)CC1.CC1CCCC1. The van der Waals surface area contributed by atoms with Crippen LogP contribution in [0.3, 0.4) is 0 Å². The molecule has 1 heteroatoms. The van der Waals surface area contributed by atoms with E-state index in [4.69, 9.17) is 5.73 Å². The zero-order valence-electron chi connectivity index (χ0n) is 9.97. The summed E-state index contributed by atoms with van der Waals surface area (Å²) in [6.07, 6.45) is 11.1. The third-order valence-electron chi connectivity index (χ3n) is 3.70. The molecule has 0 radical (unpaired) electrons. The molecule has 0 heterocycles. The van der Waals surface area contributed by atoms with E-state index in [9.17, 15) is 0 Å². The van der Waals surface area contributed by atoms with Gasteiger partial charge < -0.3 is 5.73 Å². The standard InChI is InChI=1S/C7H15N.C6H12/c1-6-2-4-7(8)5-3-6;1-6-4-2-3-5-6/h6-7H,2-5,8H2,1H3;6H,2-5H2,1H3. The van der Waals surface area contributed by atoms with E-state index in [2.05, 4.69) is 13.8 Å². The summed E-state index contributed by atoms with van der Waals surface area (Å²) >= 11 is 0. The minimum atomic E-state index is 0.520. The Morgan fingerprint density at radius 2 is 1.14 bits per heavy atom. The molecule has 0 amide bonds. The highest BCUT2D eigenvalue weighted by atomic mass is 14.6. The summed E-state index contributed by atoms with van der Waals surface area (Å²) in [5.74, 6) is 1.99. The molecule has 0 aliphatic heterocycles. The highest BCUT2D eigenvalue weighted by Gasteiger charge is 2.13. The number of rotatable bonds is 0. The topological polar surface area (TPSA) is 26.0 Å². The van der Waals surface area contributed by atoms with Crippen LogP contribution in [0.1, 0.15) is 65.2 Å². The second kappa shape index (κ2) is 6.44. The van der Waals surface area contributed by atoms with Crippen LogP contribution in [-0.4, -0.2) is 6.04 Å². The van der Waals surface area contributed by atoms with E-state index in [0.29, 0.717) is 6.04 Å². The van der Waals surface area contributed by atoms with Crippen LogP contribution in [0.2, 0.25) is 0 Å². The molecule has 2 rings (SSSR count). The zero-order chi connectivity index (χ0) is 10.4. The molecule has 2 saturated carbocycles. The zero-order valence-corrected chi connectivity index (χ0v) is 9.97. The van der Waals surface area contributed by atoms with E-state index in [-0.39, 0.29) is 0 Å². The monoisotopic (exact) mass is 197 g/mol. The van der Waals surface area contributed by atoms with Gasteiger partial charge >= 0.3 is 0 Å². The molecule has 84 valence electrons. The number of hydrogen-bond acceptors (Lipinski definition) is 1. The van der Waals surface area contributed by atoms with Gasteiger partial charge in [-0.05, 0) is 37.5 Å². The van der Waals surface area contributed by atoms with Gasteiger partial charge in [-0.1, -0.05) is 39.5 Å². The van der Waals surface area contributed by atoms with Gasteiger partial charge in [0.2, 0.25) is 0 Å². The first-order chi connectivity index (χ1) is 6.68. The van der Waals surface area contributed by atoms with Crippen molar-refractivity contribution in [1.29, 1.82) is 0 Å². The molecular formula is C13H27N. The lowest BCUT2D eigenvalue weighted by Gasteiger charge is -2.22. The van der Waals surface area contributed by atoms with Crippen molar-refractivity contribution in [3.8, 4) is 0 Å². The van der Waals surface area contributed by atoms with E-state index in [1.165, 1.54) is 51.4 Å². The predicted molar refractivity (Wildman–Crippen MR) is 63.2 cm³/mol. The lowest BCUT2D eigenvalue weighted by Crippen LogP contribution is -2.25. The number of hydrogen-bond donors (Lipinski definition) is 1. The minimum absolute atomic E-state index is 0.520. The minimum Gasteiger partial charge on any atom is -0.328 e. The molecule has 0 bridgehead atoms. The van der Waals surface area contributed by atoms with Crippen molar-refractivity contribution >= 4 is 0 Å². The van der Waals surface area contributed by atoms with Crippen LogP contribution in [0.25, 0.3) is 0 Å². The van der Waals surface area contributed by atoms with E-state index in [1.807, 2.05) is 0 Å². The Balaban J connectivity index is 0.000000146. The molecule has 0 saturated heterocycles. The van der Waals surface area contributed by atoms with Crippen LogP contribution in [0, 0.1) is 11.8 Å². The van der Waals surface area contributed by atoms with Crippen molar-refractivity contribution in [2.24, 2.45) is 17.6 Å². The van der Waals surface area contributed by atoms with Crippen LogP contribution in [0.4, 0.5) is 0 Å². The lowest BCUT2D eigenvalue weighted by molar-refractivity contribution is 0.348. The van der Waals surface area contributed by atoms with Gasteiger partial charge in [-0.3, -0.25) is 0 Å². The highest BCUT2D eigenvalue weighted by molar-refractivity contribution is 4.70. The Morgan fingerprint density at radius 1 is 0.714 bits per heavy atom. The molecule has 1 nitrogen and oxygen atoms in total. The molecule has 0 aromatic carbocycles. The van der Waals surface area contributed by atoms with Crippen molar-refractivity contribution in [3.63, 3.8) is 0 Å². The second-order valence-corrected chi connectivity index (χ2v) is 5.41. The summed E-state index contributed by atoms with van der Waals surface area (Å²) < 4.78 is 0. The number of nitrogens with two attached hydrogens (primary N) is 1. The Morgan fingerprint density at radius 3 is 1.43 bits per heavy atom. The maximum atomic E-state index is 5.70. The summed E-state index contributed by atoms with van der Waals surface area (Å²) in [5.41, 5.74) is 5.70. The normalized spacial score (nSPS) is 33.6.